The molecule has 0 radical (unpaired) electrons. The predicted molar refractivity (Wildman–Crippen MR) is 83.0 cm³/mol. The van der Waals surface area contributed by atoms with Gasteiger partial charge in [0.05, 0.1) is 0 Å². The molecule has 0 aliphatic heterocycles. The van der Waals surface area contributed by atoms with Crippen LogP contribution in [0.15, 0.2) is 29.8 Å². The van der Waals surface area contributed by atoms with Crippen molar-refractivity contribution in [1.82, 2.24) is 9.38 Å². The van der Waals surface area contributed by atoms with Crippen LogP contribution in [0, 0.1) is 22.9 Å². The molecule has 0 N–H and O–H groups in total. The minimum absolute atomic E-state index is 0.0775. The zero-order valence-corrected chi connectivity index (χ0v) is 12.8. The summed E-state index contributed by atoms with van der Waals surface area (Å²) in [6, 6.07) is 4.94. The standard InChI is InChI=1S/C14H13FN4O2S/c1-9-3-4-10(7-11(9)15)8-17(2)12-13(19(20)21)18-5-6-22-14(18)16-12/h3-7H,8H2,1-2H3. The van der Waals surface area contributed by atoms with Crippen LogP contribution in [0.3, 0.4) is 0 Å². The first kappa shape index (κ1) is 14.5. The minimum atomic E-state index is -0.450. The molecule has 0 spiro atoms. The Labute approximate surface area is 129 Å². The average Bonchev–Trinajstić information content (AvgIpc) is 3.02. The molecule has 3 rings (SSSR count). The van der Waals surface area contributed by atoms with Gasteiger partial charge in [0.25, 0.3) is 4.96 Å². The number of rotatable bonds is 4. The van der Waals surface area contributed by atoms with E-state index in [9.17, 15) is 14.5 Å². The van der Waals surface area contributed by atoms with Gasteiger partial charge in [-0.15, -0.1) is 0 Å². The number of anilines is 1. The maximum Gasteiger partial charge on any atom is 0.373 e. The summed E-state index contributed by atoms with van der Waals surface area (Å²) in [5.41, 5.74) is 1.30. The largest absolute Gasteiger partial charge is 0.373 e. The highest BCUT2D eigenvalue weighted by Crippen LogP contribution is 2.31. The van der Waals surface area contributed by atoms with E-state index >= 15 is 0 Å². The third-order valence-electron chi connectivity index (χ3n) is 3.41. The van der Waals surface area contributed by atoms with E-state index in [1.807, 2.05) is 0 Å². The number of aryl methyl sites for hydroxylation is 1. The molecule has 0 aliphatic rings. The monoisotopic (exact) mass is 320 g/mol. The molecule has 0 saturated heterocycles. The molecule has 8 heteroatoms. The van der Waals surface area contributed by atoms with Crippen molar-refractivity contribution in [2.45, 2.75) is 13.5 Å². The summed E-state index contributed by atoms with van der Waals surface area (Å²) in [7, 11) is 1.71. The maximum absolute atomic E-state index is 13.6. The second-order valence-electron chi connectivity index (χ2n) is 5.01. The molecule has 0 bridgehead atoms. The number of hydrogen-bond acceptors (Lipinski definition) is 5. The van der Waals surface area contributed by atoms with E-state index in [1.165, 1.54) is 21.8 Å². The molecule has 2 heterocycles. The van der Waals surface area contributed by atoms with E-state index in [4.69, 9.17) is 0 Å². The Morgan fingerprint density at radius 1 is 1.50 bits per heavy atom. The van der Waals surface area contributed by atoms with Gasteiger partial charge >= 0.3 is 5.82 Å². The second-order valence-corrected chi connectivity index (χ2v) is 5.88. The Balaban J connectivity index is 1.96. The zero-order valence-electron chi connectivity index (χ0n) is 12.0. The van der Waals surface area contributed by atoms with E-state index in [2.05, 4.69) is 4.98 Å². The van der Waals surface area contributed by atoms with Crippen LogP contribution in [-0.4, -0.2) is 21.4 Å². The molecular formula is C14H13FN4O2S. The van der Waals surface area contributed by atoms with Crippen molar-refractivity contribution in [2.75, 3.05) is 11.9 Å². The minimum Gasteiger partial charge on any atom is -0.358 e. The van der Waals surface area contributed by atoms with Crippen molar-refractivity contribution in [3.05, 3.63) is 56.8 Å². The first-order valence-corrected chi connectivity index (χ1v) is 7.41. The van der Waals surface area contributed by atoms with Crippen LogP contribution in [0.5, 0.6) is 0 Å². The molecule has 2 aromatic heterocycles. The molecule has 0 aliphatic carbocycles. The summed E-state index contributed by atoms with van der Waals surface area (Å²) >= 11 is 1.33. The lowest BCUT2D eigenvalue weighted by Gasteiger charge is -2.16. The normalized spacial score (nSPS) is 11.0. The quantitative estimate of drug-likeness (QED) is 0.546. The van der Waals surface area contributed by atoms with Gasteiger partial charge in [-0.2, -0.15) is 9.38 Å². The van der Waals surface area contributed by atoms with Gasteiger partial charge in [-0.05, 0) is 29.0 Å². The van der Waals surface area contributed by atoms with Crippen LogP contribution < -0.4 is 4.90 Å². The topological polar surface area (TPSA) is 63.7 Å². The predicted octanol–water partition coefficient (Wildman–Crippen LogP) is 3.39. The van der Waals surface area contributed by atoms with Crippen LogP contribution in [0.2, 0.25) is 0 Å². The molecule has 0 amide bonds. The Morgan fingerprint density at radius 3 is 2.95 bits per heavy atom. The van der Waals surface area contributed by atoms with E-state index in [0.29, 0.717) is 17.1 Å². The number of thiazole rings is 1. The summed E-state index contributed by atoms with van der Waals surface area (Å²) in [5.74, 6) is -0.0876. The van der Waals surface area contributed by atoms with Crippen molar-refractivity contribution in [2.24, 2.45) is 0 Å². The lowest BCUT2D eigenvalue weighted by Crippen LogP contribution is -2.18. The Bertz CT molecular complexity index is 858. The number of fused-ring (bicyclic) bond motifs is 1. The molecule has 1 aromatic carbocycles. The van der Waals surface area contributed by atoms with Crippen molar-refractivity contribution in [1.29, 1.82) is 0 Å². The maximum atomic E-state index is 13.6. The van der Waals surface area contributed by atoms with Crippen molar-refractivity contribution < 1.29 is 9.31 Å². The number of hydrogen-bond donors (Lipinski definition) is 0. The molecular weight excluding hydrogens is 307 g/mol. The SMILES string of the molecule is Cc1ccc(CN(C)c2nc3sccn3c2[N+](=O)[O-])cc1F. The molecule has 6 nitrogen and oxygen atoms in total. The number of halogens is 1. The van der Waals surface area contributed by atoms with Crippen LogP contribution in [0.25, 0.3) is 4.96 Å². The molecule has 22 heavy (non-hydrogen) atoms. The lowest BCUT2D eigenvalue weighted by atomic mass is 10.1. The fraction of sp³-hybridized carbons (Fsp3) is 0.214. The fourth-order valence-electron chi connectivity index (χ4n) is 2.27. The smallest absolute Gasteiger partial charge is 0.358 e. The number of imidazole rings is 1. The Hall–Kier alpha value is -2.48. The molecule has 0 fully saturated rings. The average molecular weight is 320 g/mol. The Morgan fingerprint density at radius 2 is 2.27 bits per heavy atom. The number of nitro groups is 1. The summed E-state index contributed by atoms with van der Waals surface area (Å²) < 4.78 is 15.1. The van der Waals surface area contributed by atoms with Crippen LogP contribution in [0.1, 0.15) is 11.1 Å². The van der Waals surface area contributed by atoms with Crippen molar-refractivity contribution in [3.8, 4) is 0 Å². The third-order valence-corrected chi connectivity index (χ3v) is 4.17. The highest BCUT2D eigenvalue weighted by atomic mass is 32.1. The van der Waals surface area contributed by atoms with Gasteiger partial charge in [0.1, 0.15) is 12.0 Å². The van der Waals surface area contributed by atoms with Gasteiger partial charge in [-0.1, -0.05) is 23.5 Å². The highest BCUT2D eigenvalue weighted by Gasteiger charge is 2.26. The summed E-state index contributed by atoms with van der Waals surface area (Å²) in [6.07, 6.45) is 1.62. The molecule has 0 saturated carbocycles. The summed E-state index contributed by atoms with van der Waals surface area (Å²) in [5, 5.41) is 13.1. The lowest BCUT2D eigenvalue weighted by molar-refractivity contribution is -0.389. The summed E-state index contributed by atoms with van der Waals surface area (Å²) in [6.45, 7) is 2.03. The van der Waals surface area contributed by atoms with Crippen molar-refractivity contribution in [3.63, 3.8) is 0 Å². The van der Waals surface area contributed by atoms with E-state index in [0.717, 1.165) is 5.56 Å². The van der Waals surface area contributed by atoms with Crippen LogP contribution >= 0.6 is 11.3 Å². The number of aromatic nitrogens is 2. The van der Waals surface area contributed by atoms with Gasteiger partial charge in [0.2, 0.25) is 5.82 Å². The van der Waals surface area contributed by atoms with Gasteiger partial charge in [0, 0.05) is 19.0 Å². The van der Waals surface area contributed by atoms with Crippen molar-refractivity contribution >= 4 is 27.9 Å². The van der Waals surface area contributed by atoms with Gasteiger partial charge in [-0.3, -0.25) is 0 Å². The first-order chi connectivity index (χ1) is 10.5. The van der Waals surface area contributed by atoms with Gasteiger partial charge in [0.15, 0.2) is 0 Å². The first-order valence-electron chi connectivity index (χ1n) is 6.53. The number of nitrogens with zero attached hydrogens (tertiary/aromatic N) is 4. The third kappa shape index (κ3) is 2.41. The second kappa shape index (κ2) is 5.38. The summed E-state index contributed by atoms with van der Waals surface area (Å²) in [4.78, 5) is 17.4. The van der Waals surface area contributed by atoms with Crippen LogP contribution in [0.4, 0.5) is 16.0 Å². The van der Waals surface area contributed by atoms with Gasteiger partial charge < -0.3 is 15.0 Å². The molecule has 3 aromatic rings. The molecule has 0 atom stereocenters. The molecule has 0 unspecified atom stereocenters. The van der Waals surface area contributed by atoms with E-state index < -0.39 is 4.92 Å². The highest BCUT2D eigenvalue weighted by molar-refractivity contribution is 7.15. The van der Waals surface area contributed by atoms with Gasteiger partial charge in [-0.25, -0.2) is 4.39 Å². The number of benzene rings is 1. The van der Waals surface area contributed by atoms with E-state index in [-0.39, 0.29) is 17.5 Å². The Kier molecular flexibility index (Phi) is 3.53. The van der Waals surface area contributed by atoms with E-state index in [1.54, 1.807) is 42.6 Å². The zero-order chi connectivity index (χ0) is 15.9. The fourth-order valence-corrected chi connectivity index (χ4v) is 2.98. The molecule has 114 valence electrons. The van der Waals surface area contributed by atoms with Crippen LogP contribution in [-0.2, 0) is 6.54 Å².